The van der Waals surface area contributed by atoms with Gasteiger partial charge < -0.3 is 10.6 Å². The third-order valence-corrected chi connectivity index (χ3v) is 3.26. The van der Waals surface area contributed by atoms with Crippen molar-refractivity contribution in [3.63, 3.8) is 0 Å². The summed E-state index contributed by atoms with van der Waals surface area (Å²) in [5, 5.41) is 6.03. The summed E-state index contributed by atoms with van der Waals surface area (Å²) in [6.45, 7) is 0.501. The first-order valence-electron chi connectivity index (χ1n) is 7.26. The number of hydrogen-bond donors (Lipinski definition) is 2. The Kier molecular flexibility index (Phi) is 4.59. The molecule has 1 heterocycles. The third kappa shape index (κ3) is 4.14. The maximum Gasteiger partial charge on any atom is 0.251 e. The van der Waals surface area contributed by atoms with E-state index in [2.05, 4.69) is 20.6 Å². The molecule has 0 fully saturated rings. The number of nitrogens with one attached hydrogen (secondary N) is 2. The number of benzene rings is 2. The van der Waals surface area contributed by atoms with Gasteiger partial charge in [0.2, 0.25) is 0 Å². The Balaban J connectivity index is 1.65. The van der Waals surface area contributed by atoms with Gasteiger partial charge in [0.25, 0.3) is 5.91 Å². The van der Waals surface area contributed by atoms with Crippen LogP contribution in [-0.2, 0) is 6.54 Å². The minimum absolute atomic E-state index is 0.114. The summed E-state index contributed by atoms with van der Waals surface area (Å²) in [5.41, 5.74) is 2.45. The van der Waals surface area contributed by atoms with E-state index in [-0.39, 0.29) is 5.91 Å². The molecule has 1 aromatic heterocycles. The van der Waals surface area contributed by atoms with Crippen molar-refractivity contribution in [1.82, 2.24) is 15.3 Å². The SMILES string of the molecule is O=C(NCc1ccccc1)c1cccc(Nc2cnccn2)c1. The maximum absolute atomic E-state index is 12.3. The summed E-state index contributed by atoms with van der Waals surface area (Å²) in [6.07, 6.45) is 4.85. The van der Waals surface area contributed by atoms with Crippen molar-refractivity contribution < 1.29 is 4.79 Å². The van der Waals surface area contributed by atoms with Gasteiger partial charge in [-0.25, -0.2) is 4.98 Å². The first-order valence-corrected chi connectivity index (χ1v) is 7.26. The van der Waals surface area contributed by atoms with Crippen LogP contribution in [0.3, 0.4) is 0 Å². The van der Waals surface area contributed by atoms with E-state index in [1.165, 1.54) is 0 Å². The van der Waals surface area contributed by atoms with Gasteiger partial charge in [-0.3, -0.25) is 9.78 Å². The van der Waals surface area contributed by atoms with Crippen molar-refractivity contribution in [2.75, 3.05) is 5.32 Å². The van der Waals surface area contributed by atoms with Crippen LogP contribution in [0.4, 0.5) is 11.5 Å². The summed E-state index contributed by atoms with van der Waals surface area (Å²) in [4.78, 5) is 20.4. The largest absolute Gasteiger partial charge is 0.348 e. The van der Waals surface area contributed by atoms with E-state index in [1.807, 2.05) is 42.5 Å². The molecule has 0 saturated heterocycles. The van der Waals surface area contributed by atoms with Crippen molar-refractivity contribution >= 4 is 17.4 Å². The van der Waals surface area contributed by atoms with Crippen LogP contribution < -0.4 is 10.6 Å². The molecule has 3 rings (SSSR count). The Bertz CT molecular complexity index is 775. The van der Waals surface area contributed by atoms with Crippen molar-refractivity contribution in [2.24, 2.45) is 0 Å². The second-order valence-electron chi connectivity index (χ2n) is 4.96. The molecule has 3 aromatic rings. The van der Waals surface area contributed by atoms with E-state index >= 15 is 0 Å². The van der Waals surface area contributed by atoms with Gasteiger partial charge in [-0.2, -0.15) is 0 Å². The van der Waals surface area contributed by atoms with Crippen LogP contribution >= 0.6 is 0 Å². The zero-order chi connectivity index (χ0) is 15.9. The van der Waals surface area contributed by atoms with Crippen molar-refractivity contribution in [3.05, 3.63) is 84.3 Å². The quantitative estimate of drug-likeness (QED) is 0.760. The Morgan fingerprint density at radius 1 is 1.00 bits per heavy atom. The molecule has 2 aromatic carbocycles. The van der Waals surface area contributed by atoms with E-state index in [0.29, 0.717) is 17.9 Å². The highest BCUT2D eigenvalue weighted by molar-refractivity contribution is 5.95. The lowest BCUT2D eigenvalue weighted by molar-refractivity contribution is 0.0951. The number of aromatic nitrogens is 2. The van der Waals surface area contributed by atoms with Gasteiger partial charge in [0.1, 0.15) is 5.82 Å². The summed E-state index contributed by atoms with van der Waals surface area (Å²) in [5.74, 6) is 0.519. The standard InChI is InChI=1S/C18H16N4O/c23-18(21-12-14-5-2-1-3-6-14)15-7-4-8-16(11-15)22-17-13-19-9-10-20-17/h1-11,13H,12H2,(H,20,22)(H,21,23). The fraction of sp³-hybridized carbons (Fsp3) is 0.0556. The van der Waals surface area contributed by atoms with E-state index in [0.717, 1.165) is 11.3 Å². The molecule has 0 radical (unpaired) electrons. The molecule has 5 nitrogen and oxygen atoms in total. The molecule has 2 N–H and O–H groups in total. The third-order valence-electron chi connectivity index (χ3n) is 3.26. The van der Waals surface area contributed by atoms with Crippen molar-refractivity contribution in [2.45, 2.75) is 6.54 Å². The second-order valence-corrected chi connectivity index (χ2v) is 4.96. The maximum atomic E-state index is 12.3. The van der Waals surface area contributed by atoms with E-state index < -0.39 is 0 Å². The smallest absolute Gasteiger partial charge is 0.251 e. The monoisotopic (exact) mass is 304 g/mol. The topological polar surface area (TPSA) is 66.9 Å². The van der Waals surface area contributed by atoms with E-state index in [1.54, 1.807) is 30.7 Å². The fourth-order valence-corrected chi connectivity index (χ4v) is 2.13. The second kappa shape index (κ2) is 7.17. The minimum Gasteiger partial charge on any atom is -0.348 e. The van der Waals surface area contributed by atoms with Crippen LogP contribution in [-0.4, -0.2) is 15.9 Å². The zero-order valence-corrected chi connectivity index (χ0v) is 12.4. The first-order chi connectivity index (χ1) is 11.3. The molecule has 0 atom stereocenters. The highest BCUT2D eigenvalue weighted by Crippen LogP contribution is 2.15. The van der Waals surface area contributed by atoms with Gasteiger partial charge in [0, 0.05) is 30.2 Å². The molecule has 0 saturated carbocycles. The van der Waals surface area contributed by atoms with E-state index in [9.17, 15) is 4.79 Å². The van der Waals surface area contributed by atoms with E-state index in [4.69, 9.17) is 0 Å². The number of nitrogens with zero attached hydrogens (tertiary/aromatic N) is 2. The summed E-state index contributed by atoms with van der Waals surface area (Å²) in [7, 11) is 0. The van der Waals surface area contributed by atoms with Crippen LogP contribution in [0.1, 0.15) is 15.9 Å². The lowest BCUT2D eigenvalue weighted by atomic mass is 10.1. The predicted molar refractivity (Wildman–Crippen MR) is 89.4 cm³/mol. The summed E-state index contributed by atoms with van der Waals surface area (Å²) in [6, 6.07) is 17.1. The predicted octanol–water partition coefficient (Wildman–Crippen LogP) is 3.15. The Hall–Kier alpha value is -3.21. The zero-order valence-electron chi connectivity index (χ0n) is 12.4. The Morgan fingerprint density at radius 3 is 2.65 bits per heavy atom. The fourth-order valence-electron chi connectivity index (χ4n) is 2.13. The molecule has 1 amide bonds. The van der Waals surface area contributed by atoms with Gasteiger partial charge in [0.15, 0.2) is 0 Å². The Labute approximate surface area is 134 Å². The number of carbonyl (C=O) groups is 1. The van der Waals surface area contributed by atoms with Crippen molar-refractivity contribution in [3.8, 4) is 0 Å². The molecule has 23 heavy (non-hydrogen) atoms. The lowest BCUT2D eigenvalue weighted by Gasteiger charge is -2.08. The molecular formula is C18H16N4O. The molecule has 0 aliphatic carbocycles. The number of hydrogen-bond acceptors (Lipinski definition) is 4. The van der Waals surface area contributed by atoms with Crippen LogP contribution in [0.5, 0.6) is 0 Å². The Morgan fingerprint density at radius 2 is 1.87 bits per heavy atom. The van der Waals surface area contributed by atoms with Crippen LogP contribution in [0.25, 0.3) is 0 Å². The van der Waals surface area contributed by atoms with Gasteiger partial charge in [-0.15, -0.1) is 0 Å². The van der Waals surface area contributed by atoms with Gasteiger partial charge >= 0.3 is 0 Å². The molecule has 0 aliphatic rings. The number of amides is 1. The summed E-state index contributed by atoms with van der Waals surface area (Å²) >= 11 is 0. The molecule has 5 heteroatoms. The molecule has 0 spiro atoms. The molecule has 114 valence electrons. The van der Waals surface area contributed by atoms with Crippen LogP contribution in [0.2, 0.25) is 0 Å². The molecule has 0 unspecified atom stereocenters. The van der Waals surface area contributed by atoms with Crippen molar-refractivity contribution in [1.29, 1.82) is 0 Å². The summed E-state index contributed by atoms with van der Waals surface area (Å²) < 4.78 is 0. The average molecular weight is 304 g/mol. The highest BCUT2D eigenvalue weighted by atomic mass is 16.1. The number of rotatable bonds is 5. The lowest BCUT2D eigenvalue weighted by Crippen LogP contribution is -2.22. The van der Waals surface area contributed by atoms with Crippen LogP contribution in [0, 0.1) is 0 Å². The molecular weight excluding hydrogens is 288 g/mol. The van der Waals surface area contributed by atoms with Gasteiger partial charge in [0.05, 0.1) is 6.20 Å². The number of carbonyl (C=O) groups excluding carboxylic acids is 1. The molecule has 0 aliphatic heterocycles. The highest BCUT2D eigenvalue weighted by Gasteiger charge is 2.06. The van der Waals surface area contributed by atoms with Crippen LogP contribution in [0.15, 0.2) is 73.2 Å². The molecule has 0 bridgehead atoms. The minimum atomic E-state index is -0.114. The van der Waals surface area contributed by atoms with Gasteiger partial charge in [-0.1, -0.05) is 36.4 Å². The average Bonchev–Trinajstić information content (AvgIpc) is 2.62. The van der Waals surface area contributed by atoms with Gasteiger partial charge in [-0.05, 0) is 23.8 Å². The first kappa shape index (κ1) is 14.7. The number of anilines is 2. The normalized spacial score (nSPS) is 10.1.